The van der Waals surface area contributed by atoms with Gasteiger partial charge in [0.2, 0.25) is 0 Å². The Morgan fingerprint density at radius 2 is 2.16 bits per heavy atom. The lowest BCUT2D eigenvalue weighted by Gasteiger charge is -2.06. The summed E-state index contributed by atoms with van der Waals surface area (Å²) in [4.78, 5) is 15.0. The Bertz CT molecular complexity index is 739. The number of aromatic nitrogens is 2. The summed E-state index contributed by atoms with van der Waals surface area (Å²) in [6, 6.07) is 2.39. The molecule has 0 aliphatic heterocycles. The van der Waals surface area contributed by atoms with Gasteiger partial charge in [-0.15, -0.1) is 0 Å². The van der Waals surface area contributed by atoms with Crippen LogP contribution in [0.15, 0.2) is 24.5 Å². The Labute approximate surface area is 106 Å². The van der Waals surface area contributed by atoms with E-state index in [4.69, 9.17) is 0 Å². The van der Waals surface area contributed by atoms with Gasteiger partial charge >= 0.3 is 21.8 Å². The number of carbonyl (C=O) groups is 1. The molecule has 0 atom stereocenters. The second kappa shape index (κ2) is 4.57. The topological polar surface area (TPSA) is 78.3 Å². The number of carbonyl (C=O) groups excluding carboxylic acids is 1. The van der Waals surface area contributed by atoms with Gasteiger partial charge in [-0.1, -0.05) is 0 Å². The molecular weight excluding hydrogens is 282 g/mol. The normalized spacial score (nSPS) is 12.0. The number of rotatable bonds is 3. The van der Waals surface area contributed by atoms with E-state index in [1.54, 1.807) is 0 Å². The maximum absolute atomic E-state index is 12.5. The van der Waals surface area contributed by atoms with E-state index in [-0.39, 0.29) is 11.2 Å². The molecule has 9 heteroatoms. The van der Waals surface area contributed by atoms with Crippen molar-refractivity contribution < 1.29 is 26.7 Å². The zero-order chi connectivity index (χ0) is 14.2. The van der Waals surface area contributed by atoms with Gasteiger partial charge in [-0.25, -0.2) is 13.8 Å². The lowest BCUT2D eigenvalue weighted by molar-refractivity contribution is 0.0594. The van der Waals surface area contributed by atoms with E-state index in [9.17, 15) is 22.0 Å². The van der Waals surface area contributed by atoms with Crippen LogP contribution >= 0.6 is 0 Å². The molecule has 0 radical (unpaired) electrons. The molecule has 2 aromatic heterocycles. The van der Waals surface area contributed by atoms with Crippen molar-refractivity contribution in [2.45, 2.75) is 5.76 Å². The van der Waals surface area contributed by atoms with Crippen LogP contribution in [0.25, 0.3) is 10.9 Å². The van der Waals surface area contributed by atoms with E-state index in [1.165, 1.54) is 12.3 Å². The molecule has 2 heterocycles. The summed E-state index contributed by atoms with van der Waals surface area (Å²) >= 11 is 0. The van der Waals surface area contributed by atoms with Crippen LogP contribution in [-0.4, -0.2) is 36.2 Å². The van der Waals surface area contributed by atoms with Gasteiger partial charge in [-0.2, -0.15) is 17.2 Å². The molecule has 0 fully saturated rings. The molecule has 102 valence electrons. The van der Waals surface area contributed by atoms with Crippen LogP contribution in [0.1, 0.15) is 10.5 Å². The van der Waals surface area contributed by atoms with Crippen LogP contribution in [0, 0.1) is 0 Å². The lowest BCUT2D eigenvalue weighted by atomic mass is 10.3. The van der Waals surface area contributed by atoms with E-state index < -0.39 is 21.8 Å². The molecule has 0 bridgehead atoms. The second-order valence-electron chi connectivity index (χ2n) is 3.54. The van der Waals surface area contributed by atoms with Crippen molar-refractivity contribution in [2.24, 2.45) is 0 Å². The van der Waals surface area contributed by atoms with Gasteiger partial charge < -0.3 is 4.74 Å². The predicted octanol–water partition coefficient (Wildman–Crippen LogP) is 1.22. The summed E-state index contributed by atoms with van der Waals surface area (Å²) in [5.74, 6) is -4.35. The van der Waals surface area contributed by atoms with Gasteiger partial charge in [0.05, 0.1) is 12.6 Å². The summed E-state index contributed by atoms with van der Waals surface area (Å²) in [6.45, 7) is 0. The standard InChI is InChI=1S/C10H8F2N2O4S/c1-18-9(15)7-4-8-6(5-13-7)2-3-14(8)19(16,17)10(11)12/h2-5,10H,1H3. The number of pyridine rings is 1. The number of halogens is 2. The summed E-state index contributed by atoms with van der Waals surface area (Å²) in [6.07, 6.45) is 2.19. The van der Waals surface area contributed by atoms with E-state index in [2.05, 4.69) is 9.72 Å². The summed E-state index contributed by atoms with van der Waals surface area (Å²) in [5, 5.41) is 0.317. The van der Waals surface area contributed by atoms with Gasteiger partial charge in [-0.05, 0) is 12.1 Å². The first-order valence-electron chi connectivity index (χ1n) is 4.96. The molecule has 0 saturated heterocycles. The van der Waals surface area contributed by atoms with Gasteiger partial charge in [0.15, 0.2) is 0 Å². The number of methoxy groups -OCH3 is 1. The molecule has 0 aromatic carbocycles. The van der Waals surface area contributed by atoms with Crippen LogP contribution in [-0.2, 0) is 14.8 Å². The van der Waals surface area contributed by atoms with E-state index in [0.29, 0.717) is 9.36 Å². The average molecular weight is 290 g/mol. The summed E-state index contributed by atoms with van der Waals surface area (Å²) in [5.41, 5.74) is -0.227. The number of hydrogen-bond acceptors (Lipinski definition) is 5. The molecule has 2 rings (SSSR count). The summed E-state index contributed by atoms with van der Waals surface area (Å²) < 4.78 is 52.7. The molecule has 0 spiro atoms. The maximum Gasteiger partial charge on any atom is 0.356 e. The lowest BCUT2D eigenvalue weighted by Crippen LogP contribution is -2.19. The Kier molecular flexibility index (Phi) is 3.23. The fourth-order valence-electron chi connectivity index (χ4n) is 1.53. The number of fused-ring (bicyclic) bond motifs is 1. The van der Waals surface area contributed by atoms with E-state index >= 15 is 0 Å². The molecule has 6 nitrogen and oxygen atoms in total. The van der Waals surface area contributed by atoms with Gasteiger partial charge in [-0.3, -0.25) is 0 Å². The molecule has 0 amide bonds. The Hall–Kier alpha value is -2.03. The Morgan fingerprint density at radius 3 is 2.74 bits per heavy atom. The minimum absolute atomic E-state index is 0.0595. The zero-order valence-electron chi connectivity index (χ0n) is 9.58. The molecule has 0 aliphatic rings. The van der Waals surface area contributed by atoms with E-state index in [0.717, 1.165) is 19.4 Å². The van der Waals surface area contributed by atoms with Crippen molar-refractivity contribution in [2.75, 3.05) is 7.11 Å². The number of alkyl halides is 2. The van der Waals surface area contributed by atoms with Crippen molar-refractivity contribution in [3.8, 4) is 0 Å². The van der Waals surface area contributed by atoms with Crippen LogP contribution < -0.4 is 0 Å². The fourth-order valence-corrected chi connectivity index (χ4v) is 2.36. The molecule has 0 saturated carbocycles. The number of esters is 1. The van der Waals surface area contributed by atoms with Crippen LogP contribution in [0.3, 0.4) is 0 Å². The van der Waals surface area contributed by atoms with Crippen molar-refractivity contribution >= 4 is 26.9 Å². The molecular formula is C10H8F2N2O4S. The number of ether oxygens (including phenoxy) is 1. The molecule has 19 heavy (non-hydrogen) atoms. The van der Waals surface area contributed by atoms with Gasteiger partial charge in [0.25, 0.3) is 0 Å². The average Bonchev–Trinajstić information content (AvgIpc) is 2.80. The zero-order valence-corrected chi connectivity index (χ0v) is 10.4. The highest BCUT2D eigenvalue weighted by Gasteiger charge is 2.27. The molecule has 0 aliphatic carbocycles. The van der Waals surface area contributed by atoms with Crippen LogP contribution in [0.5, 0.6) is 0 Å². The fraction of sp³-hybridized carbons (Fsp3) is 0.200. The second-order valence-corrected chi connectivity index (χ2v) is 5.32. The van der Waals surface area contributed by atoms with Crippen molar-refractivity contribution in [1.82, 2.24) is 8.96 Å². The quantitative estimate of drug-likeness (QED) is 0.794. The highest BCUT2D eigenvalue weighted by atomic mass is 32.2. The molecule has 0 N–H and O–H groups in total. The smallest absolute Gasteiger partial charge is 0.356 e. The molecule has 0 unspecified atom stereocenters. The first-order chi connectivity index (χ1) is 8.87. The number of hydrogen-bond donors (Lipinski definition) is 0. The maximum atomic E-state index is 12.5. The Morgan fingerprint density at radius 1 is 1.47 bits per heavy atom. The SMILES string of the molecule is COC(=O)c1cc2c(ccn2S(=O)(=O)C(F)F)cn1. The molecule has 2 aromatic rings. The third-order valence-electron chi connectivity index (χ3n) is 2.43. The first kappa shape index (κ1) is 13.4. The summed E-state index contributed by atoms with van der Waals surface area (Å²) in [7, 11) is -3.68. The Balaban J connectivity index is 2.68. The van der Waals surface area contributed by atoms with Crippen molar-refractivity contribution in [3.05, 3.63) is 30.2 Å². The number of nitrogens with zero attached hydrogens (tertiary/aromatic N) is 2. The van der Waals surface area contributed by atoms with E-state index in [1.807, 2.05) is 0 Å². The third-order valence-corrected chi connectivity index (χ3v) is 3.75. The highest BCUT2D eigenvalue weighted by Crippen LogP contribution is 2.21. The first-order valence-corrected chi connectivity index (χ1v) is 6.46. The predicted molar refractivity (Wildman–Crippen MR) is 61.4 cm³/mol. The van der Waals surface area contributed by atoms with Crippen LogP contribution in [0.4, 0.5) is 8.78 Å². The minimum Gasteiger partial charge on any atom is -0.464 e. The van der Waals surface area contributed by atoms with Gasteiger partial charge in [0.1, 0.15) is 5.69 Å². The van der Waals surface area contributed by atoms with Crippen molar-refractivity contribution in [1.29, 1.82) is 0 Å². The van der Waals surface area contributed by atoms with Crippen LogP contribution in [0.2, 0.25) is 0 Å². The third kappa shape index (κ3) is 2.16. The monoisotopic (exact) mass is 290 g/mol. The van der Waals surface area contributed by atoms with Crippen molar-refractivity contribution in [3.63, 3.8) is 0 Å². The van der Waals surface area contributed by atoms with Gasteiger partial charge in [0, 0.05) is 17.8 Å². The highest BCUT2D eigenvalue weighted by molar-refractivity contribution is 7.90. The minimum atomic E-state index is -4.81. The largest absolute Gasteiger partial charge is 0.464 e.